The lowest BCUT2D eigenvalue weighted by atomic mass is 9.96. The Labute approximate surface area is 124 Å². The number of rotatable bonds is 2. The first-order chi connectivity index (χ1) is 10.5. The molecule has 7 heteroatoms. The molecule has 0 amide bonds. The van der Waals surface area contributed by atoms with Crippen molar-refractivity contribution in [1.29, 1.82) is 0 Å². The maximum atomic E-state index is 10.9. The van der Waals surface area contributed by atoms with E-state index in [-0.39, 0.29) is 23.3 Å². The van der Waals surface area contributed by atoms with Gasteiger partial charge in [0.1, 0.15) is 0 Å². The van der Waals surface area contributed by atoms with Crippen molar-refractivity contribution in [2.45, 2.75) is 18.4 Å². The second-order valence-electron chi connectivity index (χ2n) is 5.60. The highest BCUT2D eigenvalue weighted by Crippen LogP contribution is 2.52. The van der Waals surface area contributed by atoms with Crippen LogP contribution in [0.25, 0.3) is 0 Å². The third-order valence-corrected chi connectivity index (χ3v) is 4.48. The Morgan fingerprint density at radius 1 is 0.955 bits per heavy atom. The van der Waals surface area contributed by atoms with Crippen LogP contribution >= 0.6 is 0 Å². The lowest BCUT2D eigenvalue weighted by Gasteiger charge is -2.11. The molecule has 7 nitrogen and oxygen atoms in total. The molecule has 2 aromatic rings. The Hall–Kier alpha value is -2.96. The van der Waals surface area contributed by atoms with Crippen molar-refractivity contribution < 1.29 is 9.85 Å². The standard InChI is InChI=1S/C15H11N3O4/c19-17(20)9-2-1-8-5-13-11-4-3-10(18(21)22)7-14(11)16-15(13)12(8)6-9/h1-4,6-7,13,15-16H,5H2/t13-,15+/m1/s1. The van der Waals surface area contributed by atoms with Gasteiger partial charge in [-0.05, 0) is 29.2 Å². The first-order valence-corrected chi connectivity index (χ1v) is 6.86. The highest BCUT2D eigenvalue weighted by molar-refractivity contribution is 5.67. The maximum Gasteiger partial charge on any atom is 0.271 e. The Bertz CT molecular complexity index is 834. The van der Waals surface area contributed by atoms with Crippen LogP contribution in [0.15, 0.2) is 36.4 Å². The molecule has 0 bridgehead atoms. The summed E-state index contributed by atoms with van der Waals surface area (Å²) >= 11 is 0. The molecule has 2 aliphatic rings. The summed E-state index contributed by atoms with van der Waals surface area (Å²) in [7, 11) is 0. The van der Waals surface area contributed by atoms with E-state index in [1.807, 2.05) is 0 Å². The number of nitro groups is 2. The molecule has 0 fully saturated rings. The number of hydrogen-bond acceptors (Lipinski definition) is 5. The Morgan fingerprint density at radius 3 is 2.36 bits per heavy atom. The van der Waals surface area contributed by atoms with Crippen molar-refractivity contribution in [3.05, 3.63) is 73.3 Å². The molecule has 0 saturated carbocycles. The number of nitro benzene ring substituents is 2. The zero-order valence-electron chi connectivity index (χ0n) is 11.4. The number of fused-ring (bicyclic) bond motifs is 5. The van der Waals surface area contributed by atoms with Crippen LogP contribution in [0.5, 0.6) is 0 Å². The molecule has 0 spiro atoms. The highest BCUT2D eigenvalue weighted by atomic mass is 16.6. The number of anilines is 1. The first-order valence-electron chi connectivity index (χ1n) is 6.86. The molecular weight excluding hydrogens is 286 g/mol. The van der Waals surface area contributed by atoms with Gasteiger partial charge in [0.15, 0.2) is 0 Å². The monoisotopic (exact) mass is 297 g/mol. The normalized spacial score (nSPS) is 20.7. The quantitative estimate of drug-likeness (QED) is 0.677. The SMILES string of the molecule is O=[N+]([O-])c1ccc2c(c1)N[C@H]1c3cc([N+](=O)[O-])ccc3C[C@H]21. The summed E-state index contributed by atoms with van der Waals surface area (Å²) in [6.45, 7) is 0. The van der Waals surface area contributed by atoms with Crippen LogP contribution in [-0.4, -0.2) is 9.85 Å². The van der Waals surface area contributed by atoms with E-state index in [0.29, 0.717) is 0 Å². The molecule has 0 unspecified atom stereocenters. The van der Waals surface area contributed by atoms with Gasteiger partial charge in [-0.1, -0.05) is 6.07 Å². The molecule has 1 aliphatic carbocycles. The number of non-ortho nitro benzene ring substituents is 2. The fraction of sp³-hybridized carbons (Fsp3) is 0.200. The Morgan fingerprint density at radius 2 is 1.64 bits per heavy atom. The third-order valence-electron chi connectivity index (χ3n) is 4.48. The minimum Gasteiger partial charge on any atom is -0.377 e. The van der Waals surface area contributed by atoms with Crippen LogP contribution in [0.4, 0.5) is 17.1 Å². The molecule has 4 rings (SSSR count). The Kier molecular flexibility index (Phi) is 2.47. The summed E-state index contributed by atoms with van der Waals surface area (Å²) in [6.07, 6.45) is 0.788. The van der Waals surface area contributed by atoms with Gasteiger partial charge < -0.3 is 5.32 Å². The van der Waals surface area contributed by atoms with Crippen LogP contribution in [-0.2, 0) is 6.42 Å². The topological polar surface area (TPSA) is 98.3 Å². The van der Waals surface area contributed by atoms with Crippen LogP contribution in [0, 0.1) is 20.2 Å². The molecule has 1 N–H and O–H groups in total. The first kappa shape index (κ1) is 12.8. The van der Waals surface area contributed by atoms with Gasteiger partial charge >= 0.3 is 0 Å². The predicted octanol–water partition coefficient (Wildman–Crippen LogP) is 3.31. The van der Waals surface area contributed by atoms with Gasteiger partial charge in [0.25, 0.3) is 11.4 Å². The minimum atomic E-state index is -0.422. The molecular formula is C15H11N3O4. The maximum absolute atomic E-state index is 10.9. The van der Waals surface area contributed by atoms with Gasteiger partial charge in [0.2, 0.25) is 0 Å². The van der Waals surface area contributed by atoms with Crippen molar-refractivity contribution in [1.82, 2.24) is 0 Å². The molecule has 1 aliphatic heterocycles. The zero-order valence-corrected chi connectivity index (χ0v) is 11.4. The van der Waals surface area contributed by atoms with Gasteiger partial charge in [0.05, 0.1) is 15.9 Å². The lowest BCUT2D eigenvalue weighted by Crippen LogP contribution is -2.05. The van der Waals surface area contributed by atoms with Crippen LogP contribution in [0.2, 0.25) is 0 Å². The predicted molar refractivity (Wildman–Crippen MR) is 79.0 cm³/mol. The highest BCUT2D eigenvalue weighted by Gasteiger charge is 2.40. The van der Waals surface area contributed by atoms with E-state index in [9.17, 15) is 20.2 Å². The summed E-state index contributed by atoms with van der Waals surface area (Å²) in [5, 5.41) is 25.1. The van der Waals surface area contributed by atoms with Gasteiger partial charge in [-0.15, -0.1) is 0 Å². The van der Waals surface area contributed by atoms with Gasteiger partial charge in [-0.3, -0.25) is 20.2 Å². The summed E-state index contributed by atoms with van der Waals surface area (Å²) in [4.78, 5) is 21.0. The summed E-state index contributed by atoms with van der Waals surface area (Å²) in [6, 6.07) is 9.71. The molecule has 1 heterocycles. The van der Waals surface area contributed by atoms with Crippen molar-refractivity contribution >= 4 is 17.1 Å². The van der Waals surface area contributed by atoms with Crippen LogP contribution in [0.1, 0.15) is 28.7 Å². The molecule has 0 aromatic heterocycles. The summed E-state index contributed by atoms with van der Waals surface area (Å²) in [5.74, 6) is 0.174. The minimum absolute atomic E-state index is 0.0467. The largest absolute Gasteiger partial charge is 0.377 e. The number of nitrogens with one attached hydrogen (secondary N) is 1. The Balaban J connectivity index is 1.75. The van der Waals surface area contributed by atoms with Gasteiger partial charge in [-0.2, -0.15) is 0 Å². The van der Waals surface area contributed by atoms with Crippen molar-refractivity contribution in [3.8, 4) is 0 Å². The van der Waals surface area contributed by atoms with Crippen molar-refractivity contribution in [2.75, 3.05) is 5.32 Å². The molecule has 0 saturated heterocycles. The van der Waals surface area contributed by atoms with Gasteiger partial charge in [-0.25, -0.2) is 0 Å². The van der Waals surface area contributed by atoms with Gasteiger partial charge in [0, 0.05) is 35.9 Å². The molecule has 2 atom stereocenters. The van der Waals surface area contributed by atoms with E-state index < -0.39 is 9.85 Å². The fourth-order valence-electron chi connectivity index (χ4n) is 3.48. The van der Waals surface area contributed by atoms with Crippen molar-refractivity contribution in [2.24, 2.45) is 0 Å². The third kappa shape index (κ3) is 1.68. The van der Waals surface area contributed by atoms with E-state index >= 15 is 0 Å². The van der Waals surface area contributed by atoms with E-state index in [4.69, 9.17) is 0 Å². The number of hydrogen-bond donors (Lipinski definition) is 1. The average molecular weight is 297 g/mol. The van der Waals surface area contributed by atoms with E-state index in [2.05, 4.69) is 5.32 Å². The van der Waals surface area contributed by atoms with E-state index in [0.717, 1.165) is 28.8 Å². The van der Waals surface area contributed by atoms with Crippen LogP contribution < -0.4 is 5.32 Å². The second kappa shape index (κ2) is 4.27. The fourth-order valence-corrected chi connectivity index (χ4v) is 3.48. The molecule has 0 radical (unpaired) electrons. The van der Waals surface area contributed by atoms with E-state index in [1.54, 1.807) is 18.2 Å². The number of nitrogens with zero attached hydrogens (tertiary/aromatic N) is 2. The van der Waals surface area contributed by atoms with E-state index in [1.165, 1.54) is 18.2 Å². The molecule has 22 heavy (non-hydrogen) atoms. The summed E-state index contributed by atoms with van der Waals surface area (Å²) in [5.41, 5.74) is 3.92. The van der Waals surface area contributed by atoms with Crippen LogP contribution in [0.3, 0.4) is 0 Å². The average Bonchev–Trinajstić information content (AvgIpc) is 3.01. The molecule has 110 valence electrons. The lowest BCUT2D eigenvalue weighted by molar-refractivity contribution is -0.385. The smallest absolute Gasteiger partial charge is 0.271 e. The summed E-state index contributed by atoms with van der Waals surface area (Å²) < 4.78 is 0. The zero-order chi connectivity index (χ0) is 15.4. The molecule has 2 aromatic carbocycles. The van der Waals surface area contributed by atoms with Crippen molar-refractivity contribution in [3.63, 3.8) is 0 Å². The number of benzene rings is 2. The second-order valence-corrected chi connectivity index (χ2v) is 5.60.